The van der Waals surface area contributed by atoms with Crippen LogP contribution in [0.15, 0.2) is 6.07 Å². The van der Waals surface area contributed by atoms with Gasteiger partial charge in [-0.1, -0.05) is 0 Å². The van der Waals surface area contributed by atoms with Crippen LogP contribution in [0.25, 0.3) is 0 Å². The summed E-state index contributed by atoms with van der Waals surface area (Å²) in [6.07, 6.45) is 0.683. The van der Waals surface area contributed by atoms with Gasteiger partial charge in [0.15, 0.2) is 5.69 Å². The number of piperazine rings is 1. The molecule has 1 unspecified atom stereocenters. The third-order valence-corrected chi connectivity index (χ3v) is 3.52. The number of nitrogens with zero attached hydrogens (tertiary/aromatic N) is 4. The van der Waals surface area contributed by atoms with Gasteiger partial charge in [0.2, 0.25) is 0 Å². The number of aromatic nitrogens is 2. The maximum absolute atomic E-state index is 11.0. The minimum atomic E-state index is -0.999. The average molecular weight is 264 g/mol. The molecule has 0 amide bonds. The number of rotatable bonds is 3. The van der Waals surface area contributed by atoms with E-state index in [1.54, 1.807) is 6.92 Å². The van der Waals surface area contributed by atoms with Gasteiger partial charge in [0, 0.05) is 37.8 Å². The summed E-state index contributed by atoms with van der Waals surface area (Å²) in [5, 5.41) is 9.02. The molecule has 1 N–H and O–H groups in total. The van der Waals surface area contributed by atoms with Crippen LogP contribution in [0.4, 0.5) is 0 Å². The highest BCUT2D eigenvalue weighted by atomic mass is 16.4. The highest BCUT2D eigenvalue weighted by molar-refractivity contribution is 5.85. The third kappa shape index (κ3) is 3.48. The number of carboxylic acid groups (broad SMARTS) is 1. The number of aryl methyl sites for hydroxylation is 1. The number of hydrogen-bond acceptors (Lipinski definition) is 5. The van der Waals surface area contributed by atoms with Crippen LogP contribution in [-0.2, 0) is 6.42 Å². The lowest BCUT2D eigenvalue weighted by molar-refractivity contribution is 0.0689. The fraction of sp³-hybridized carbons (Fsp3) is 0.615. The van der Waals surface area contributed by atoms with Crippen molar-refractivity contribution < 1.29 is 9.90 Å². The van der Waals surface area contributed by atoms with Gasteiger partial charge < -0.3 is 14.9 Å². The smallest absolute Gasteiger partial charge is 0.354 e. The molecular weight excluding hydrogens is 244 g/mol. The van der Waals surface area contributed by atoms with Crippen LogP contribution < -0.4 is 0 Å². The van der Waals surface area contributed by atoms with Crippen molar-refractivity contribution in [2.45, 2.75) is 19.4 Å². The van der Waals surface area contributed by atoms with Crippen LogP contribution in [0.1, 0.15) is 22.0 Å². The summed E-state index contributed by atoms with van der Waals surface area (Å²) in [6.45, 7) is 4.82. The van der Waals surface area contributed by atoms with Crippen LogP contribution in [0.2, 0.25) is 0 Å². The van der Waals surface area contributed by atoms with Crippen molar-refractivity contribution in [3.8, 4) is 0 Å². The van der Waals surface area contributed by atoms with Crippen LogP contribution in [0.3, 0.4) is 0 Å². The number of likely N-dealkylation sites (N-methyl/N-ethyl adjacent to an activating group) is 2. The maximum Gasteiger partial charge on any atom is 0.354 e. The van der Waals surface area contributed by atoms with Gasteiger partial charge in [-0.15, -0.1) is 0 Å². The van der Waals surface area contributed by atoms with Crippen molar-refractivity contribution in [1.29, 1.82) is 0 Å². The zero-order chi connectivity index (χ0) is 14.0. The van der Waals surface area contributed by atoms with E-state index in [4.69, 9.17) is 5.11 Å². The second-order valence-electron chi connectivity index (χ2n) is 5.22. The molecule has 0 bridgehead atoms. The van der Waals surface area contributed by atoms with E-state index in [1.165, 1.54) is 6.07 Å². The molecule has 1 aromatic rings. The largest absolute Gasteiger partial charge is 0.477 e. The fourth-order valence-electron chi connectivity index (χ4n) is 2.36. The van der Waals surface area contributed by atoms with Crippen molar-refractivity contribution in [1.82, 2.24) is 19.8 Å². The molecule has 1 aliphatic rings. The normalized spacial score (nSPS) is 21.5. The second-order valence-corrected chi connectivity index (χ2v) is 5.22. The first-order valence-electron chi connectivity index (χ1n) is 6.42. The minimum absolute atomic E-state index is 0.0781. The first kappa shape index (κ1) is 13.9. The van der Waals surface area contributed by atoms with Gasteiger partial charge in [0.1, 0.15) is 5.82 Å². The Kier molecular flexibility index (Phi) is 4.11. The summed E-state index contributed by atoms with van der Waals surface area (Å²) < 4.78 is 0. The lowest BCUT2D eigenvalue weighted by Gasteiger charge is -2.37. The van der Waals surface area contributed by atoms with E-state index in [0.717, 1.165) is 19.6 Å². The quantitative estimate of drug-likeness (QED) is 0.845. The van der Waals surface area contributed by atoms with Crippen molar-refractivity contribution in [2.75, 3.05) is 33.7 Å². The standard InChI is InChI=1S/C13H20N4O2/c1-9-6-11(13(18)19)15-12(14-9)7-10-8-16(2)4-5-17(10)3/h6,10H,4-5,7-8H2,1-3H3,(H,18,19). The molecule has 6 nitrogen and oxygen atoms in total. The summed E-state index contributed by atoms with van der Waals surface area (Å²) in [4.78, 5) is 24.0. The van der Waals surface area contributed by atoms with E-state index < -0.39 is 5.97 Å². The molecule has 0 spiro atoms. The second kappa shape index (κ2) is 5.63. The Morgan fingerprint density at radius 3 is 2.84 bits per heavy atom. The minimum Gasteiger partial charge on any atom is -0.477 e. The topological polar surface area (TPSA) is 69.6 Å². The molecule has 6 heteroatoms. The predicted octanol–water partition coefficient (Wildman–Crippen LogP) is 0.272. The van der Waals surface area contributed by atoms with Crippen LogP contribution in [0.5, 0.6) is 0 Å². The van der Waals surface area contributed by atoms with E-state index in [0.29, 0.717) is 24.0 Å². The molecule has 1 atom stereocenters. The fourth-order valence-corrected chi connectivity index (χ4v) is 2.36. The van der Waals surface area contributed by atoms with Gasteiger partial charge in [-0.3, -0.25) is 0 Å². The van der Waals surface area contributed by atoms with Gasteiger partial charge in [-0.25, -0.2) is 14.8 Å². The van der Waals surface area contributed by atoms with E-state index in [1.807, 2.05) is 0 Å². The highest BCUT2D eigenvalue weighted by Gasteiger charge is 2.23. The molecule has 2 rings (SSSR count). The Balaban J connectivity index is 2.16. The maximum atomic E-state index is 11.0. The van der Waals surface area contributed by atoms with Gasteiger partial charge in [-0.05, 0) is 27.1 Å². The Morgan fingerprint density at radius 2 is 2.16 bits per heavy atom. The molecule has 2 heterocycles. The van der Waals surface area contributed by atoms with E-state index in [9.17, 15) is 4.79 Å². The van der Waals surface area contributed by atoms with Crippen LogP contribution >= 0.6 is 0 Å². The highest BCUT2D eigenvalue weighted by Crippen LogP contribution is 2.11. The summed E-state index contributed by atoms with van der Waals surface area (Å²) in [5.41, 5.74) is 0.781. The summed E-state index contributed by atoms with van der Waals surface area (Å²) >= 11 is 0. The molecule has 0 aliphatic carbocycles. The third-order valence-electron chi connectivity index (χ3n) is 3.52. The molecule has 19 heavy (non-hydrogen) atoms. The summed E-state index contributed by atoms with van der Waals surface area (Å²) in [6, 6.07) is 1.84. The molecule has 1 saturated heterocycles. The lowest BCUT2D eigenvalue weighted by atomic mass is 10.1. The van der Waals surface area contributed by atoms with Crippen molar-refractivity contribution >= 4 is 5.97 Å². The summed E-state index contributed by atoms with van der Waals surface area (Å²) in [7, 11) is 4.19. The molecule has 104 valence electrons. The Morgan fingerprint density at radius 1 is 1.42 bits per heavy atom. The van der Waals surface area contributed by atoms with Gasteiger partial charge >= 0.3 is 5.97 Å². The zero-order valence-corrected chi connectivity index (χ0v) is 11.6. The van der Waals surface area contributed by atoms with Crippen LogP contribution in [-0.4, -0.2) is 70.6 Å². The van der Waals surface area contributed by atoms with Crippen molar-refractivity contribution in [3.05, 3.63) is 23.3 Å². The molecule has 1 fully saturated rings. The molecule has 1 aromatic heterocycles. The average Bonchev–Trinajstić information content (AvgIpc) is 2.33. The molecular formula is C13H20N4O2. The molecule has 0 saturated carbocycles. The number of carboxylic acids is 1. The van der Waals surface area contributed by atoms with Crippen molar-refractivity contribution in [3.63, 3.8) is 0 Å². The van der Waals surface area contributed by atoms with Gasteiger partial charge in [-0.2, -0.15) is 0 Å². The lowest BCUT2D eigenvalue weighted by Crippen LogP contribution is -2.51. The number of hydrogen-bond donors (Lipinski definition) is 1. The molecule has 1 aliphatic heterocycles. The predicted molar refractivity (Wildman–Crippen MR) is 71.3 cm³/mol. The Bertz CT molecular complexity index is 478. The summed E-state index contributed by atoms with van der Waals surface area (Å²) in [5.74, 6) is -0.384. The van der Waals surface area contributed by atoms with Gasteiger partial charge in [0.25, 0.3) is 0 Å². The zero-order valence-electron chi connectivity index (χ0n) is 11.6. The Hall–Kier alpha value is -1.53. The number of aromatic carboxylic acids is 1. The van der Waals surface area contributed by atoms with E-state index >= 15 is 0 Å². The first-order valence-corrected chi connectivity index (χ1v) is 6.42. The first-order chi connectivity index (χ1) is 8.95. The molecule has 0 radical (unpaired) electrons. The Labute approximate surface area is 113 Å². The van der Waals surface area contributed by atoms with Gasteiger partial charge in [0.05, 0.1) is 0 Å². The van der Waals surface area contributed by atoms with E-state index in [2.05, 4.69) is 33.9 Å². The van der Waals surface area contributed by atoms with Crippen LogP contribution in [0, 0.1) is 6.92 Å². The van der Waals surface area contributed by atoms with Crippen molar-refractivity contribution in [2.24, 2.45) is 0 Å². The monoisotopic (exact) mass is 264 g/mol. The number of carbonyl (C=O) groups is 1. The van der Waals surface area contributed by atoms with E-state index in [-0.39, 0.29) is 5.69 Å². The SMILES string of the molecule is Cc1cc(C(=O)O)nc(CC2CN(C)CCN2C)n1. The molecule has 0 aromatic carbocycles.